The summed E-state index contributed by atoms with van der Waals surface area (Å²) in [5.41, 5.74) is 2.97. The summed E-state index contributed by atoms with van der Waals surface area (Å²) in [7, 11) is 0. The second-order valence-corrected chi connectivity index (χ2v) is 6.16. The first kappa shape index (κ1) is 14.7. The molecule has 112 valence electrons. The number of carbonyl (C=O) groups is 2. The van der Waals surface area contributed by atoms with Crippen molar-refractivity contribution in [2.24, 2.45) is 0 Å². The molecule has 0 saturated carbocycles. The van der Waals surface area contributed by atoms with Gasteiger partial charge < -0.3 is 4.74 Å². The summed E-state index contributed by atoms with van der Waals surface area (Å²) in [6.45, 7) is 2.13. The third kappa shape index (κ3) is 2.88. The normalized spacial score (nSPS) is 13.6. The van der Waals surface area contributed by atoms with Crippen molar-refractivity contribution >= 4 is 29.2 Å². The third-order valence-electron chi connectivity index (χ3n) is 3.63. The van der Waals surface area contributed by atoms with Crippen LogP contribution < -0.4 is 0 Å². The van der Waals surface area contributed by atoms with Crippen LogP contribution in [-0.4, -0.2) is 18.4 Å². The molecule has 0 unspecified atom stereocenters. The Morgan fingerprint density at radius 2 is 2.05 bits per heavy atom. The maximum Gasteiger partial charge on any atom is 0.330 e. The van der Waals surface area contributed by atoms with Crippen LogP contribution in [0.3, 0.4) is 0 Å². The van der Waals surface area contributed by atoms with Crippen molar-refractivity contribution in [1.29, 1.82) is 0 Å². The maximum atomic E-state index is 12.7. The Balaban J connectivity index is 1.90. The van der Waals surface area contributed by atoms with Gasteiger partial charge in [-0.1, -0.05) is 24.3 Å². The minimum atomic E-state index is -0.359. The summed E-state index contributed by atoms with van der Waals surface area (Å²) in [4.78, 5) is 25.7. The van der Waals surface area contributed by atoms with E-state index < -0.39 is 0 Å². The first-order valence-corrected chi connectivity index (χ1v) is 8.11. The molecular weight excluding hydrogens is 296 g/mol. The lowest BCUT2D eigenvalue weighted by Crippen LogP contribution is -2.01. The van der Waals surface area contributed by atoms with Crippen molar-refractivity contribution in [2.45, 2.75) is 19.8 Å². The van der Waals surface area contributed by atoms with E-state index in [1.807, 2.05) is 30.3 Å². The molecule has 1 aromatic carbocycles. The first-order valence-electron chi connectivity index (χ1n) is 7.29. The van der Waals surface area contributed by atoms with Crippen molar-refractivity contribution in [3.05, 3.63) is 62.9 Å². The van der Waals surface area contributed by atoms with E-state index >= 15 is 0 Å². The Labute approximate surface area is 133 Å². The number of benzene rings is 1. The number of carbonyl (C=O) groups excluding carboxylic acids is 2. The molecule has 3 nitrogen and oxygen atoms in total. The number of ketones is 1. The van der Waals surface area contributed by atoms with Gasteiger partial charge in [-0.25, -0.2) is 4.79 Å². The number of fused-ring (bicyclic) bond motifs is 2. The van der Waals surface area contributed by atoms with E-state index in [-0.39, 0.29) is 11.8 Å². The number of hydrogen-bond donors (Lipinski definition) is 0. The molecule has 1 aliphatic carbocycles. The first-order chi connectivity index (χ1) is 10.7. The second kappa shape index (κ2) is 6.28. The summed E-state index contributed by atoms with van der Waals surface area (Å²) in [5.74, 6) is -0.272. The number of aryl methyl sites for hydroxylation is 2. The Kier molecular flexibility index (Phi) is 4.20. The molecule has 4 heteroatoms. The van der Waals surface area contributed by atoms with Gasteiger partial charge in [0.05, 0.1) is 11.5 Å². The molecule has 0 spiro atoms. The van der Waals surface area contributed by atoms with Crippen LogP contribution >= 0.6 is 11.3 Å². The average Bonchev–Trinajstić information content (AvgIpc) is 2.89. The molecule has 0 amide bonds. The molecule has 2 aromatic rings. The highest BCUT2D eigenvalue weighted by atomic mass is 32.1. The number of hydrogen-bond acceptors (Lipinski definition) is 4. The van der Waals surface area contributed by atoms with Gasteiger partial charge in [0.25, 0.3) is 0 Å². The molecule has 0 radical (unpaired) electrons. The van der Waals surface area contributed by atoms with Gasteiger partial charge in [-0.3, -0.25) is 4.79 Å². The van der Waals surface area contributed by atoms with Crippen molar-refractivity contribution in [2.75, 3.05) is 6.61 Å². The minimum Gasteiger partial charge on any atom is -0.463 e. The number of rotatable bonds is 3. The summed E-state index contributed by atoms with van der Waals surface area (Å²) in [6.07, 6.45) is 4.85. The largest absolute Gasteiger partial charge is 0.463 e. The highest BCUT2D eigenvalue weighted by molar-refractivity contribution is 7.15. The number of esters is 1. The molecule has 0 saturated heterocycles. The van der Waals surface area contributed by atoms with E-state index in [4.69, 9.17) is 4.74 Å². The van der Waals surface area contributed by atoms with Crippen molar-refractivity contribution < 1.29 is 14.3 Å². The molecule has 0 aliphatic heterocycles. The zero-order chi connectivity index (χ0) is 15.5. The van der Waals surface area contributed by atoms with E-state index in [9.17, 15) is 9.59 Å². The lowest BCUT2D eigenvalue weighted by Gasteiger charge is -2.02. The van der Waals surface area contributed by atoms with Crippen LogP contribution in [0.4, 0.5) is 0 Å². The van der Waals surface area contributed by atoms with Gasteiger partial charge in [-0.15, -0.1) is 11.3 Å². The number of ether oxygens (including phenoxy) is 1. The standard InChI is InChI=1S/C18H16O3S/c1-2-21-16(19)10-9-14-11-13-8-7-12-5-3-4-6-15(12)17(20)18(13)22-14/h3-6,9-11H,2,7-8H2,1H3. The summed E-state index contributed by atoms with van der Waals surface area (Å²) < 4.78 is 4.87. The van der Waals surface area contributed by atoms with Crippen LogP contribution in [0.5, 0.6) is 0 Å². The monoisotopic (exact) mass is 312 g/mol. The highest BCUT2D eigenvalue weighted by Crippen LogP contribution is 2.31. The van der Waals surface area contributed by atoms with Crippen LogP contribution in [0.25, 0.3) is 6.08 Å². The lowest BCUT2D eigenvalue weighted by molar-refractivity contribution is -0.137. The molecule has 0 N–H and O–H groups in total. The zero-order valence-corrected chi connectivity index (χ0v) is 13.1. The molecule has 0 atom stereocenters. The molecule has 1 aromatic heterocycles. The van der Waals surface area contributed by atoms with Crippen molar-refractivity contribution in [1.82, 2.24) is 0 Å². The smallest absolute Gasteiger partial charge is 0.330 e. The van der Waals surface area contributed by atoms with Gasteiger partial charge >= 0.3 is 5.97 Å². The molecule has 1 heterocycles. The summed E-state index contributed by atoms with van der Waals surface area (Å²) in [6, 6.07) is 9.78. The maximum absolute atomic E-state index is 12.7. The molecule has 22 heavy (non-hydrogen) atoms. The van der Waals surface area contributed by atoms with E-state index in [1.54, 1.807) is 13.0 Å². The Morgan fingerprint density at radius 1 is 1.27 bits per heavy atom. The van der Waals surface area contributed by atoms with E-state index in [0.29, 0.717) is 6.61 Å². The van der Waals surface area contributed by atoms with E-state index in [1.165, 1.54) is 17.4 Å². The lowest BCUT2D eigenvalue weighted by atomic mass is 10.0. The van der Waals surface area contributed by atoms with Gasteiger partial charge in [0.2, 0.25) is 5.78 Å². The fourth-order valence-corrected chi connectivity index (χ4v) is 3.67. The van der Waals surface area contributed by atoms with Crippen LogP contribution in [0.15, 0.2) is 36.4 Å². The molecule has 0 bridgehead atoms. The predicted octanol–water partition coefficient (Wildman–Crippen LogP) is 3.65. The molecule has 0 fully saturated rings. The Bertz CT molecular complexity index is 755. The fraction of sp³-hybridized carbons (Fsp3) is 0.222. The van der Waals surface area contributed by atoms with Gasteiger partial charge in [-0.2, -0.15) is 0 Å². The SMILES string of the molecule is CCOC(=O)C=Cc1cc2c(s1)C(=O)c1ccccc1CC2. The van der Waals surface area contributed by atoms with E-state index in [2.05, 4.69) is 0 Å². The van der Waals surface area contributed by atoms with Crippen LogP contribution in [-0.2, 0) is 22.4 Å². The van der Waals surface area contributed by atoms with Crippen molar-refractivity contribution in [3.8, 4) is 0 Å². The topological polar surface area (TPSA) is 43.4 Å². The van der Waals surface area contributed by atoms with Crippen LogP contribution in [0.1, 0.15) is 38.2 Å². The number of thiophene rings is 1. The van der Waals surface area contributed by atoms with Gasteiger partial charge in [0, 0.05) is 16.5 Å². The van der Waals surface area contributed by atoms with E-state index in [0.717, 1.165) is 39.3 Å². The fourth-order valence-electron chi connectivity index (χ4n) is 2.60. The van der Waals surface area contributed by atoms with Gasteiger partial charge in [0.15, 0.2) is 0 Å². The third-order valence-corrected chi connectivity index (χ3v) is 4.77. The zero-order valence-electron chi connectivity index (χ0n) is 12.3. The second-order valence-electron chi connectivity index (χ2n) is 5.07. The van der Waals surface area contributed by atoms with Crippen LogP contribution in [0.2, 0.25) is 0 Å². The molecule has 1 aliphatic rings. The minimum absolute atomic E-state index is 0.0869. The Morgan fingerprint density at radius 3 is 2.86 bits per heavy atom. The Hall–Kier alpha value is -2.20. The van der Waals surface area contributed by atoms with Gasteiger partial charge in [0.1, 0.15) is 0 Å². The van der Waals surface area contributed by atoms with Crippen molar-refractivity contribution in [3.63, 3.8) is 0 Å². The summed E-state index contributed by atoms with van der Waals surface area (Å²) in [5, 5.41) is 0. The molecular formula is C18H16O3S. The predicted molar refractivity (Wildman–Crippen MR) is 87.3 cm³/mol. The summed E-state index contributed by atoms with van der Waals surface area (Å²) >= 11 is 1.44. The quantitative estimate of drug-likeness (QED) is 0.642. The molecule has 3 rings (SSSR count). The highest BCUT2D eigenvalue weighted by Gasteiger charge is 2.23. The van der Waals surface area contributed by atoms with Gasteiger partial charge in [-0.05, 0) is 43.0 Å². The average molecular weight is 312 g/mol. The van der Waals surface area contributed by atoms with Crippen LogP contribution in [0, 0.1) is 0 Å².